The maximum absolute atomic E-state index is 11.7. The zero-order valence-electron chi connectivity index (χ0n) is 11.9. The molecular formula is C14H22N2O3S. The van der Waals surface area contributed by atoms with E-state index in [-0.39, 0.29) is 18.5 Å². The van der Waals surface area contributed by atoms with Gasteiger partial charge in [0.2, 0.25) is 0 Å². The minimum absolute atomic E-state index is 0.0242. The number of rotatable bonds is 8. The largest absolute Gasteiger partial charge is 0.481 e. The van der Waals surface area contributed by atoms with Crippen LogP contribution in [0.15, 0.2) is 12.1 Å². The van der Waals surface area contributed by atoms with Crippen LogP contribution >= 0.6 is 11.3 Å². The predicted octanol–water partition coefficient (Wildman–Crippen LogP) is 2.75. The molecule has 0 fully saturated rings. The number of nitrogens with one attached hydrogen (secondary N) is 2. The van der Waals surface area contributed by atoms with Gasteiger partial charge in [0.1, 0.15) is 0 Å². The third-order valence-electron chi connectivity index (χ3n) is 2.89. The molecule has 1 aromatic rings. The van der Waals surface area contributed by atoms with Crippen molar-refractivity contribution in [2.24, 2.45) is 0 Å². The number of urea groups is 1. The summed E-state index contributed by atoms with van der Waals surface area (Å²) >= 11 is 1.70. The van der Waals surface area contributed by atoms with E-state index in [1.165, 1.54) is 4.88 Å². The van der Waals surface area contributed by atoms with Crippen molar-refractivity contribution in [1.29, 1.82) is 0 Å². The third kappa shape index (κ3) is 6.56. The first-order valence-corrected chi connectivity index (χ1v) is 7.66. The molecule has 1 heterocycles. The van der Waals surface area contributed by atoms with Gasteiger partial charge in [-0.05, 0) is 38.3 Å². The zero-order valence-corrected chi connectivity index (χ0v) is 12.8. The van der Waals surface area contributed by atoms with Crippen LogP contribution in [0.4, 0.5) is 4.79 Å². The molecule has 5 nitrogen and oxygen atoms in total. The topological polar surface area (TPSA) is 78.4 Å². The van der Waals surface area contributed by atoms with E-state index in [0.29, 0.717) is 19.4 Å². The Morgan fingerprint density at radius 2 is 2.05 bits per heavy atom. The fraction of sp³-hybridized carbons (Fsp3) is 0.571. The van der Waals surface area contributed by atoms with Crippen LogP contribution in [0.3, 0.4) is 0 Å². The summed E-state index contributed by atoms with van der Waals surface area (Å²) in [5, 5.41) is 14.2. The third-order valence-corrected chi connectivity index (χ3v) is 4.12. The molecule has 1 aromatic heterocycles. The lowest BCUT2D eigenvalue weighted by Crippen LogP contribution is -2.40. The van der Waals surface area contributed by atoms with Gasteiger partial charge in [-0.15, -0.1) is 11.3 Å². The molecule has 20 heavy (non-hydrogen) atoms. The van der Waals surface area contributed by atoms with Gasteiger partial charge in [-0.2, -0.15) is 0 Å². The number of thiophene rings is 1. The van der Waals surface area contributed by atoms with Gasteiger partial charge in [-0.25, -0.2) is 4.79 Å². The Kier molecular flexibility index (Phi) is 7.08. The molecule has 0 spiro atoms. The number of carbonyl (C=O) groups excluding carboxylic acids is 1. The van der Waals surface area contributed by atoms with E-state index in [0.717, 1.165) is 11.3 Å². The van der Waals surface area contributed by atoms with Gasteiger partial charge in [-0.3, -0.25) is 4.79 Å². The molecule has 1 unspecified atom stereocenters. The number of hydrogen-bond donors (Lipinski definition) is 3. The molecule has 6 heteroatoms. The highest BCUT2D eigenvalue weighted by atomic mass is 32.1. The summed E-state index contributed by atoms with van der Waals surface area (Å²) in [4.78, 5) is 24.5. The van der Waals surface area contributed by atoms with Gasteiger partial charge in [0.25, 0.3) is 0 Å². The van der Waals surface area contributed by atoms with Crippen LogP contribution in [0.5, 0.6) is 0 Å². The van der Waals surface area contributed by atoms with E-state index in [1.807, 2.05) is 13.0 Å². The molecule has 0 aliphatic heterocycles. The van der Waals surface area contributed by atoms with Gasteiger partial charge in [0.05, 0.1) is 6.54 Å². The van der Waals surface area contributed by atoms with Crippen molar-refractivity contribution in [1.82, 2.24) is 10.6 Å². The van der Waals surface area contributed by atoms with Crippen molar-refractivity contribution < 1.29 is 14.7 Å². The molecule has 0 radical (unpaired) electrons. The highest BCUT2D eigenvalue weighted by Crippen LogP contribution is 2.16. The molecule has 0 aromatic carbocycles. The molecule has 3 N–H and O–H groups in total. The average molecular weight is 298 g/mol. The first-order chi connectivity index (χ1) is 9.51. The molecule has 0 bridgehead atoms. The number of carbonyl (C=O) groups is 2. The molecule has 1 atom stereocenters. The van der Waals surface area contributed by atoms with Gasteiger partial charge in [0.15, 0.2) is 0 Å². The van der Waals surface area contributed by atoms with Crippen LogP contribution in [0, 0.1) is 0 Å². The van der Waals surface area contributed by atoms with Gasteiger partial charge in [-0.1, -0.05) is 6.92 Å². The summed E-state index contributed by atoms with van der Waals surface area (Å²) < 4.78 is 0. The second-order valence-corrected chi connectivity index (χ2v) is 5.99. The maximum atomic E-state index is 11.7. The van der Waals surface area contributed by atoms with E-state index < -0.39 is 5.97 Å². The number of carboxylic acid groups (broad SMARTS) is 1. The smallest absolute Gasteiger partial charge is 0.315 e. The van der Waals surface area contributed by atoms with Crippen LogP contribution in [-0.2, 0) is 17.8 Å². The standard InChI is InChI=1S/C14H22N2O3S/c1-3-11-7-8-12(20-11)9-15-14(19)16-10(2)5-4-6-13(17)18/h7-8,10H,3-6,9H2,1-2H3,(H,17,18)(H2,15,16,19). The van der Waals surface area contributed by atoms with Crippen molar-refractivity contribution in [3.05, 3.63) is 21.9 Å². The van der Waals surface area contributed by atoms with Crippen molar-refractivity contribution >= 4 is 23.3 Å². The number of amides is 2. The van der Waals surface area contributed by atoms with E-state index >= 15 is 0 Å². The Balaban J connectivity index is 2.20. The maximum Gasteiger partial charge on any atom is 0.315 e. The number of aryl methyl sites for hydroxylation is 1. The van der Waals surface area contributed by atoms with Crippen molar-refractivity contribution in [2.75, 3.05) is 0 Å². The summed E-state index contributed by atoms with van der Waals surface area (Å²) in [6, 6.07) is 3.87. The second kappa shape index (κ2) is 8.58. The predicted molar refractivity (Wildman–Crippen MR) is 80.0 cm³/mol. The van der Waals surface area contributed by atoms with Crippen LogP contribution < -0.4 is 10.6 Å². The average Bonchev–Trinajstić information content (AvgIpc) is 2.83. The van der Waals surface area contributed by atoms with Crippen LogP contribution in [0.1, 0.15) is 42.9 Å². The van der Waals surface area contributed by atoms with Gasteiger partial charge >= 0.3 is 12.0 Å². The molecule has 0 aliphatic rings. The Bertz CT molecular complexity index is 445. The minimum atomic E-state index is -0.800. The number of aliphatic carboxylic acids is 1. The molecular weight excluding hydrogens is 276 g/mol. The highest BCUT2D eigenvalue weighted by Gasteiger charge is 2.08. The Labute approximate surface area is 123 Å². The van der Waals surface area contributed by atoms with Crippen molar-refractivity contribution in [3.63, 3.8) is 0 Å². The summed E-state index contributed by atoms with van der Waals surface area (Å²) in [5.41, 5.74) is 0. The van der Waals surface area contributed by atoms with E-state index in [1.54, 1.807) is 11.3 Å². The zero-order chi connectivity index (χ0) is 15.0. The lowest BCUT2D eigenvalue weighted by atomic mass is 10.1. The number of carboxylic acids is 1. The molecule has 2 amide bonds. The quantitative estimate of drug-likeness (QED) is 0.690. The molecule has 0 saturated heterocycles. The Hall–Kier alpha value is -1.56. The summed E-state index contributed by atoms with van der Waals surface area (Å²) in [5.74, 6) is -0.800. The van der Waals surface area contributed by atoms with E-state index in [9.17, 15) is 9.59 Å². The molecule has 1 rings (SSSR count). The first-order valence-electron chi connectivity index (χ1n) is 6.85. The first kappa shape index (κ1) is 16.5. The highest BCUT2D eigenvalue weighted by molar-refractivity contribution is 7.11. The number of hydrogen-bond acceptors (Lipinski definition) is 3. The van der Waals surface area contributed by atoms with E-state index in [2.05, 4.69) is 23.6 Å². The summed E-state index contributed by atoms with van der Waals surface area (Å²) in [7, 11) is 0. The molecule has 0 aliphatic carbocycles. The van der Waals surface area contributed by atoms with Crippen LogP contribution in [0.25, 0.3) is 0 Å². The van der Waals surface area contributed by atoms with Gasteiger partial charge < -0.3 is 15.7 Å². The SMILES string of the molecule is CCc1ccc(CNC(=O)NC(C)CCCC(=O)O)s1. The fourth-order valence-corrected chi connectivity index (χ4v) is 2.68. The lowest BCUT2D eigenvalue weighted by molar-refractivity contribution is -0.137. The second-order valence-electron chi connectivity index (χ2n) is 4.74. The fourth-order valence-electron chi connectivity index (χ4n) is 1.78. The molecule has 112 valence electrons. The van der Waals surface area contributed by atoms with Crippen molar-refractivity contribution in [2.45, 2.75) is 52.1 Å². The normalized spacial score (nSPS) is 11.9. The minimum Gasteiger partial charge on any atom is -0.481 e. The lowest BCUT2D eigenvalue weighted by Gasteiger charge is -2.13. The van der Waals surface area contributed by atoms with Gasteiger partial charge in [0, 0.05) is 22.2 Å². The van der Waals surface area contributed by atoms with E-state index in [4.69, 9.17) is 5.11 Å². The van der Waals surface area contributed by atoms with Crippen molar-refractivity contribution in [3.8, 4) is 0 Å². The Morgan fingerprint density at radius 3 is 2.65 bits per heavy atom. The monoisotopic (exact) mass is 298 g/mol. The van der Waals surface area contributed by atoms with Crippen LogP contribution in [0.2, 0.25) is 0 Å². The summed E-state index contributed by atoms with van der Waals surface area (Å²) in [6.45, 7) is 4.51. The molecule has 0 saturated carbocycles. The summed E-state index contributed by atoms with van der Waals surface area (Å²) in [6.07, 6.45) is 2.39. The van der Waals surface area contributed by atoms with Crippen LogP contribution in [-0.4, -0.2) is 23.1 Å². The Morgan fingerprint density at radius 1 is 1.35 bits per heavy atom.